The van der Waals surface area contributed by atoms with Gasteiger partial charge in [-0.1, -0.05) is 118 Å². The maximum atomic E-state index is 5.82. The maximum absolute atomic E-state index is 5.82. The third kappa shape index (κ3) is 15.3. The predicted molar refractivity (Wildman–Crippen MR) is 147 cm³/mol. The van der Waals surface area contributed by atoms with E-state index in [2.05, 4.69) is 71.1 Å². The van der Waals surface area contributed by atoms with Crippen LogP contribution >= 0.6 is 0 Å². The van der Waals surface area contributed by atoms with Crippen molar-refractivity contribution in [3.8, 4) is 5.75 Å². The molecule has 0 N–H and O–H groups in total. The molecular formula is C30H54O2. The Morgan fingerprint density at radius 3 is 1.94 bits per heavy atom. The minimum Gasteiger partial charge on any atom is -0.491 e. The van der Waals surface area contributed by atoms with E-state index in [1.54, 1.807) is 0 Å². The van der Waals surface area contributed by atoms with Crippen LogP contribution in [0.5, 0.6) is 5.75 Å². The monoisotopic (exact) mass is 446 g/mol. The average molecular weight is 447 g/mol. The summed E-state index contributed by atoms with van der Waals surface area (Å²) < 4.78 is 11.5. The molecule has 1 aromatic carbocycles. The molecule has 1 aliphatic rings. The number of benzene rings is 1. The van der Waals surface area contributed by atoms with Crippen molar-refractivity contribution in [2.45, 2.75) is 107 Å². The Labute approximate surface area is 201 Å². The molecular weight excluding hydrogens is 392 g/mol. The van der Waals surface area contributed by atoms with Crippen LogP contribution < -0.4 is 4.74 Å². The third-order valence-electron chi connectivity index (χ3n) is 5.70. The number of fused-ring (bicyclic) bond motifs is 1. The molecule has 0 atom stereocenters. The second-order valence-electron chi connectivity index (χ2n) is 7.91. The van der Waals surface area contributed by atoms with Gasteiger partial charge in [0.25, 0.3) is 0 Å². The highest BCUT2D eigenvalue weighted by molar-refractivity contribution is 5.68. The zero-order chi connectivity index (χ0) is 24.7. The number of rotatable bonds is 11. The van der Waals surface area contributed by atoms with E-state index in [9.17, 15) is 0 Å². The molecule has 0 saturated heterocycles. The molecule has 0 radical (unpaired) electrons. The van der Waals surface area contributed by atoms with Crippen molar-refractivity contribution in [2.24, 2.45) is 5.41 Å². The summed E-state index contributed by atoms with van der Waals surface area (Å²) in [5, 5.41) is 0. The van der Waals surface area contributed by atoms with Crippen molar-refractivity contribution in [1.29, 1.82) is 0 Å². The van der Waals surface area contributed by atoms with Crippen LogP contribution in [-0.2, 0) is 4.74 Å². The van der Waals surface area contributed by atoms with Gasteiger partial charge in [0.1, 0.15) is 12.4 Å². The molecule has 1 aromatic rings. The van der Waals surface area contributed by atoms with E-state index in [0.717, 1.165) is 25.2 Å². The standard InChI is InChI=1S/C22H32O2.C4H10.2C2H6/c1-4-22(3,5-2)14-9-15-23-16-17-24-21-13-12-19-10-7-6-8-11-20(19)18-21;1-3-4-2;2*1-2/h7-8,10-13,18H,4-6,9,14-17H2,1-3H3;3-4H2,1-2H3;2*1-2H3. The maximum Gasteiger partial charge on any atom is 0.120 e. The number of hydrogen-bond acceptors (Lipinski definition) is 2. The first-order chi connectivity index (χ1) is 15.6. The zero-order valence-corrected chi connectivity index (χ0v) is 22.9. The summed E-state index contributed by atoms with van der Waals surface area (Å²) in [5.74, 6) is 0.918. The molecule has 2 nitrogen and oxygen atoms in total. The van der Waals surface area contributed by atoms with Gasteiger partial charge in [0.2, 0.25) is 0 Å². The van der Waals surface area contributed by atoms with Gasteiger partial charge < -0.3 is 9.47 Å². The minimum atomic E-state index is 0.476. The Kier molecular flexibility index (Phi) is 23.1. The molecule has 0 unspecified atom stereocenters. The zero-order valence-electron chi connectivity index (χ0n) is 22.9. The summed E-state index contributed by atoms with van der Waals surface area (Å²) in [7, 11) is 0. The molecule has 186 valence electrons. The van der Waals surface area contributed by atoms with Crippen LogP contribution in [0.4, 0.5) is 0 Å². The van der Waals surface area contributed by atoms with Gasteiger partial charge in [-0.15, -0.1) is 0 Å². The van der Waals surface area contributed by atoms with Crippen molar-refractivity contribution in [2.75, 3.05) is 19.8 Å². The molecule has 0 amide bonds. The van der Waals surface area contributed by atoms with E-state index in [1.807, 2.05) is 33.8 Å². The van der Waals surface area contributed by atoms with Crippen LogP contribution in [0.2, 0.25) is 0 Å². The van der Waals surface area contributed by atoms with E-state index < -0.39 is 0 Å². The van der Waals surface area contributed by atoms with Crippen LogP contribution in [0.25, 0.3) is 12.2 Å². The first kappa shape index (κ1) is 32.6. The third-order valence-corrected chi connectivity index (χ3v) is 5.70. The summed E-state index contributed by atoms with van der Waals surface area (Å²) in [5.41, 5.74) is 2.95. The number of ether oxygens (including phenoxy) is 2. The van der Waals surface area contributed by atoms with Gasteiger partial charge in [-0.3, -0.25) is 0 Å². The van der Waals surface area contributed by atoms with Crippen LogP contribution in [-0.4, -0.2) is 19.8 Å². The summed E-state index contributed by atoms with van der Waals surface area (Å²) in [4.78, 5) is 0. The van der Waals surface area contributed by atoms with Gasteiger partial charge in [0.05, 0.1) is 6.61 Å². The summed E-state index contributed by atoms with van der Waals surface area (Å²) in [6, 6.07) is 6.26. The van der Waals surface area contributed by atoms with Crippen LogP contribution in [0.15, 0.2) is 30.4 Å². The lowest BCUT2D eigenvalue weighted by atomic mass is 9.80. The molecule has 0 spiro atoms. The van der Waals surface area contributed by atoms with Crippen LogP contribution in [0.1, 0.15) is 118 Å². The van der Waals surface area contributed by atoms with Crippen LogP contribution in [0.3, 0.4) is 0 Å². The highest BCUT2D eigenvalue weighted by Crippen LogP contribution is 2.30. The Morgan fingerprint density at radius 2 is 1.38 bits per heavy atom. The fourth-order valence-corrected chi connectivity index (χ4v) is 2.93. The van der Waals surface area contributed by atoms with E-state index in [1.165, 1.54) is 43.2 Å². The van der Waals surface area contributed by atoms with E-state index in [0.29, 0.717) is 18.6 Å². The molecule has 0 heterocycles. The predicted octanol–water partition coefficient (Wildman–Crippen LogP) is 9.98. The Hall–Kier alpha value is -1.54. The number of unbranched alkanes of at least 4 members (excludes halogenated alkanes) is 1. The van der Waals surface area contributed by atoms with Crippen molar-refractivity contribution in [1.82, 2.24) is 0 Å². The Morgan fingerprint density at radius 1 is 0.781 bits per heavy atom. The van der Waals surface area contributed by atoms with Gasteiger partial charge >= 0.3 is 0 Å². The lowest BCUT2D eigenvalue weighted by molar-refractivity contribution is 0.0891. The topological polar surface area (TPSA) is 18.5 Å². The van der Waals surface area contributed by atoms with E-state index in [4.69, 9.17) is 9.47 Å². The summed E-state index contributed by atoms with van der Waals surface area (Å²) in [6.45, 7) is 21.4. The lowest BCUT2D eigenvalue weighted by Gasteiger charge is -2.26. The molecule has 2 rings (SSSR count). The molecule has 2 heteroatoms. The molecule has 0 aromatic heterocycles. The Bertz CT molecular complexity index is 580. The van der Waals surface area contributed by atoms with Gasteiger partial charge in [-0.25, -0.2) is 0 Å². The van der Waals surface area contributed by atoms with Gasteiger partial charge in [0, 0.05) is 6.61 Å². The second kappa shape index (κ2) is 22.6. The molecule has 32 heavy (non-hydrogen) atoms. The summed E-state index contributed by atoms with van der Waals surface area (Å²) in [6.07, 6.45) is 17.2. The van der Waals surface area contributed by atoms with Crippen molar-refractivity contribution in [3.63, 3.8) is 0 Å². The number of allylic oxidation sites excluding steroid dienone is 2. The molecule has 0 saturated carbocycles. The largest absolute Gasteiger partial charge is 0.491 e. The fraction of sp³-hybridized carbons (Fsp3) is 0.667. The van der Waals surface area contributed by atoms with Crippen molar-refractivity contribution < 1.29 is 9.47 Å². The molecule has 0 fully saturated rings. The quantitative estimate of drug-likeness (QED) is 0.315. The Balaban J connectivity index is 0. The van der Waals surface area contributed by atoms with Gasteiger partial charge in [-0.2, -0.15) is 0 Å². The smallest absolute Gasteiger partial charge is 0.120 e. The normalized spacial score (nSPS) is 11.5. The first-order valence-corrected chi connectivity index (χ1v) is 13.3. The second-order valence-corrected chi connectivity index (χ2v) is 7.91. The van der Waals surface area contributed by atoms with Crippen molar-refractivity contribution >= 4 is 12.2 Å². The minimum absolute atomic E-state index is 0.476. The SMILES string of the molecule is CC.CC.CCC(C)(CC)CCCOCCOc1ccc2c(c1)C=CCC=C2.CCCC. The lowest BCUT2D eigenvalue weighted by Crippen LogP contribution is -2.15. The summed E-state index contributed by atoms with van der Waals surface area (Å²) >= 11 is 0. The molecule has 0 aliphatic heterocycles. The highest BCUT2D eigenvalue weighted by Gasteiger charge is 2.18. The highest BCUT2D eigenvalue weighted by atomic mass is 16.5. The van der Waals surface area contributed by atoms with E-state index >= 15 is 0 Å². The average Bonchev–Trinajstić information content (AvgIpc) is 3.11. The van der Waals surface area contributed by atoms with Crippen LogP contribution in [0, 0.1) is 5.41 Å². The first-order valence-electron chi connectivity index (χ1n) is 13.3. The fourth-order valence-electron chi connectivity index (χ4n) is 2.93. The molecule has 1 aliphatic carbocycles. The molecule has 0 bridgehead atoms. The van der Waals surface area contributed by atoms with Gasteiger partial charge in [-0.05, 0) is 47.9 Å². The number of hydrogen-bond donors (Lipinski definition) is 0. The van der Waals surface area contributed by atoms with E-state index in [-0.39, 0.29) is 0 Å². The van der Waals surface area contributed by atoms with Gasteiger partial charge in [0.15, 0.2) is 0 Å². The van der Waals surface area contributed by atoms with Crippen molar-refractivity contribution in [3.05, 3.63) is 41.5 Å².